The second-order valence-electron chi connectivity index (χ2n) is 3.88. The molecule has 0 saturated carbocycles. The summed E-state index contributed by atoms with van der Waals surface area (Å²) in [7, 11) is 0. The molecule has 2 N–H and O–H groups in total. The molecule has 0 saturated heterocycles. The molecule has 2 heteroatoms. The van der Waals surface area contributed by atoms with E-state index in [0.717, 1.165) is 12.1 Å². The van der Waals surface area contributed by atoms with Gasteiger partial charge in [0.2, 0.25) is 0 Å². The highest BCUT2D eigenvalue weighted by atomic mass is 14.7. The number of hydrogen-bond donors (Lipinski definition) is 1. The van der Waals surface area contributed by atoms with Crippen LogP contribution in [0.1, 0.15) is 17.2 Å². The zero-order chi connectivity index (χ0) is 11.2. The van der Waals surface area contributed by atoms with Crippen LogP contribution in [0.3, 0.4) is 0 Å². The maximum atomic E-state index is 5.81. The molecular formula is C14H16N2. The SMILES string of the molecule is NC[C@@H](Cc1ccccc1)c1ccccn1. The summed E-state index contributed by atoms with van der Waals surface area (Å²) >= 11 is 0. The van der Waals surface area contributed by atoms with E-state index in [1.54, 1.807) is 0 Å². The molecular weight excluding hydrogens is 196 g/mol. The Balaban J connectivity index is 2.13. The fourth-order valence-corrected chi connectivity index (χ4v) is 1.82. The molecule has 0 fully saturated rings. The third-order valence-corrected chi connectivity index (χ3v) is 2.72. The van der Waals surface area contributed by atoms with Crippen molar-refractivity contribution in [1.29, 1.82) is 0 Å². The predicted octanol–water partition coefficient (Wildman–Crippen LogP) is 2.37. The minimum atomic E-state index is 0.309. The third kappa shape index (κ3) is 2.67. The number of aromatic nitrogens is 1. The number of nitrogens with two attached hydrogens (primary N) is 1. The summed E-state index contributed by atoms with van der Waals surface area (Å²) in [5, 5.41) is 0. The molecule has 0 spiro atoms. The van der Waals surface area contributed by atoms with E-state index in [4.69, 9.17) is 5.73 Å². The van der Waals surface area contributed by atoms with E-state index < -0.39 is 0 Å². The molecule has 82 valence electrons. The normalized spacial score (nSPS) is 12.3. The average molecular weight is 212 g/mol. The van der Waals surface area contributed by atoms with E-state index in [1.807, 2.05) is 30.5 Å². The second kappa shape index (κ2) is 5.42. The van der Waals surface area contributed by atoms with Gasteiger partial charge in [0.1, 0.15) is 0 Å². The van der Waals surface area contributed by atoms with Crippen LogP contribution in [-0.4, -0.2) is 11.5 Å². The van der Waals surface area contributed by atoms with E-state index in [0.29, 0.717) is 12.5 Å². The van der Waals surface area contributed by atoms with Crippen molar-refractivity contribution < 1.29 is 0 Å². The Kier molecular flexibility index (Phi) is 3.67. The molecule has 2 nitrogen and oxygen atoms in total. The molecule has 0 aliphatic heterocycles. The summed E-state index contributed by atoms with van der Waals surface area (Å²) in [6.45, 7) is 0.631. The minimum absolute atomic E-state index is 0.309. The molecule has 0 bridgehead atoms. The molecule has 1 aromatic carbocycles. The first-order chi connectivity index (χ1) is 7.90. The zero-order valence-electron chi connectivity index (χ0n) is 9.21. The van der Waals surface area contributed by atoms with Crippen LogP contribution in [-0.2, 0) is 6.42 Å². The van der Waals surface area contributed by atoms with Gasteiger partial charge in [-0.1, -0.05) is 36.4 Å². The molecule has 1 aromatic heterocycles. The maximum Gasteiger partial charge on any atom is 0.0450 e. The monoisotopic (exact) mass is 212 g/mol. The predicted molar refractivity (Wildman–Crippen MR) is 66.2 cm³/mol. The first-order valence-corrected chi connectivity index (χ1v) is 5.55. The summed E-state index contributed by atoms with van der Waals surface area (Å²) < 4.78 is 0. The van der Waals surface area contributed by atoms with E-state index in [9.17, 15) is 0 Å². The Hall–Kier alpha value is -1.67. The minimum Gasteiger partial charge on any atom is -0.330 e. The highest BCUT2D eigenvalue weighted by Gasteiger charge is 2.10. The van der Waals surface area contributed by atoms with E-state index in [-0.39, 0.29) is 0 Å². The number of nitrogens with zero attached hydrogens (tertiary/aromatic N) is 1. The van der Waals surface area contributed by atoms with Crippen molar-refractivity contribution in [2.45, 2.75) is 12.3 Å². The molecule has 2 aromatic rings. The number of pyridine rings is 1. The van der Waals surface area contributed by atoms with E-state index in [2.05, 4.69) is 29.2 Å². The topological polar surface area (TPSA) is 38.9 Å². The maximum absolute atomic E-state index is 5.81. The molecule has 0 aliphatic rings. The van der Waals surface area contributed by atoms with Gasteiger partial charge in [0, 0.05) is 24.4 Å². The Morgan fingerprint density at radius 3 is 2.38 bits per heavy atom. The van der Waals surface area contributed by atoms with Gasteiger partial charge in [-0.25, -0.2) is 0 Å². The highest BCUT2D eigenvalue weighted by molar-refractivity contribution is 5.20. The number of rotatable bonds is 4. The smallest absolute Gasteiger partial charge is 0.0450 e. The van der Waals surface area contributed by atoms with Crippen molar-refractivity contribution in [3.8, 4) is 0 Å². The molecule has 0 radical (unpaired) electrons. The molecule has 16 heavy (non-hydrogen) atoms. The first-order valence-electron chi connectivity index (χ1n) is 5.55. The summed E-state index contributed by atoms with van der Waals surface area (Å²) in [6.07, 6.45) is 2.78. The number of hydrogen-bond acceptors (Lipinski definition) is 2. The summed E-state index contributed by atoms with van der Waals surface area (Å²) in [5.41, 5.74) is 8.20. The molecule has 1 heterocycles. The van der Waals surface area contributed by atoms with Gasteiger partial charge in [0.05, 0.1) is 0 Å². The van der Waals surface area contributed by atoms with Crippen molar-refractivity contribution in [2.24, 2.45) is 5.73 Å². The Morgan fingerprint density at radius 2 is 1.75 bits per heavy atom. The fraction of sp³-hybridized carbons (Fsp3) is 0.214. The average Bonchev–Trinajstić information content (AvgIpc) is 2.38. The molecule has 0 unspecified atom stereocenters. The van der Waals surface area contributed by atoms with Crippen LogP contribution in [0.4, 0.5) is 0 Å². The Labute approximate surface area is 96.1 Å². The van der Waals surface area contributed by atoms with Crippen LogP contribution in [0.15, 0.2) is 54.7 Å². The summed E-state index contributed by atoms with van der Waals surface area (Å²) in [5.74, 6) is 0.309. The van der Waals surface area contributed by atoms with Crippen LogP contribution in [0.25, 0.3) is 0 Å². The first kappa shape index (κ1) is 10.8. The highest BCUT2D eigenvalue weighted by Crippen LogP contribution is 2.17. The van der Waals surface area contributed by atoms with Gasteiger partial charge in [-0.05, 0) is 24.1 Å². The van der Waals surface area contributed by atoms with Crippen LogP contribution in [0.2, 0.25) is 0 Å². The van der Waals surface area contributed by atoms with Gasteiger partial charge in [-0.2, -0.15) is 0 Å². The van der Waals surface area contributed by atoms with Crippen LogP contribution >= 0.6 is 0 Å². The molecule has 1 atom stereocenters. The lowest BCUT2D eigenvalue weighted by Crippen LogP contribution is -2.16. The van der Waals surface area contributed by atoms with Gasteiger partial charge in [0.15, 0.2) is 0 Å². The number of benzene rings is 1. The lowest BCUT2D eigenvalue weighted by molar-refractivity contribution is 0.672. The summed E-state index contributed by atoms with van der Waals surface area (Å²) in [4.78, 5) is 4.37. The van der Waals surface area contributed by atoms with Crippen molar-refractivity contribution in [3.05, 3.63) is 66.0 Å². The van der Waals surface area contributed by atoms with E-state index >= 15 is 0 Å². The third-order valence-electron chi connectivity index (χ3n) is 2.72. The lowest BCUT2D eigenvalue weighted by Gasteiger charge is -2.13. The van der Waals surface area contributed by atoms with Gasteiger partial charge < -0.3 is 5.73 Å². The van der Waals surface area contributed by atoms with Crippen LogP contribution in [0, 0.1) is 0 Å². The molecule has 0 amide bonds. The van der Waals surface area contributed by atoms with Gasteiger partial charge in [-0.15, -0.1) is 0 Å². The van der Waals surface area contributed by atoms with Gasteiger partial charge >= 0.3 is 0 Å². The Morgan fingerprint density at radius 1 is 1.00 bits per heavy atom. The second-order valence-corrected chi connectivity index (χ2v) is 3.88. The van der Waals surface area contributed by atoms with Crippen molar-refractivity contribution in [3.63, 3.8) is 0 Å². The van der Waals surface area contributed by atoms with Crippen LogP contribution in [0.5, 0.6) is 0 Å². The van der Waals surface area contributed by atoms with Crippen molar-refractivity contribution in [2.75, 3.05) is 6.54 Å². The van der Waals surface area contributed by atoms with Crippen molar-refractivity contribution >= 4 is 0 Å². The van der Waals surface area contributed by atoms with Gasteiger partial charge in [0.25, 0.3) is 0 Å². The standard InChI is InChI=1S/C14H16N2/c15-11-13(14-8-4-5-9-16-14)10-12-6-2-1-3-7-12/h1-9,13H,10-11,15H2/t13-/m1/s1. The summed E-state index contributed by atoms with van der Waals surface area (Å²) in [6, 6.07) is 16.4. The largest absolute Gasteiger partial charge is 0.330 e. The van der Waals surface area contributed by atoms with E-state index in [1.165, 1.54) is 5.56 Å². The zero-order valence-corrected chi connectivity index (χ0v) is 9.21. The van der Waals surface area contributed by atoms with Gasteiger partial charge in [-0.3, -0.25) is 4.98 Å². The molecule has 0 aliphatic carbocycles. The lowest BCUT2D eigenvalue weighted by atomic mass is 9.96. The quantitative estimate of drug-likeness (QED) is 0.845. The fourth-order valence-electron chi connectivity index (χ4n) is 1.82. The van der Waals surface area contributed by atoms with Crippen LogP contribution < -0.4 is 5.73 Å². The van der Waals surface area contributed by atoms with Crippen molar-refractivity contribution in [1.82, 2.24) is 4.98 Å². The Bertz CT molecular complexity index is 411. The molecule has 2 rings (SSSR count).